The van der Waals surface area contributed by atoms with Crippen LogP contribution in [0.3, 0.4) is 0 Å². The Morgan fingerprint density at radius 1 is 1.50 bits per heavy atom. The molecule has 6 nitrogen and oxygen atoms in total. The SMILES string of the molecule is CC[C@@H](N)C(=O)Nc1cccc(OCC(=O)O)c1. The number of aliphatic carboxylic acids is 1. The monoisotopic (exact) mass is 252 g/mol. The summed E-state index contributed by atoms with van der Waals surface area (Å²) in [5, 5.41) is 11.1. The lowest BCUT2D eigenvalue weighted by molar-refractivity contribution is -0.139. The normalized spacial score (nSPS) is 11.7. The summed E-state index contributed by atoms with van der Waals surface area (Å²) in [4.78, 5) is 21.9. The predicted molar refractivity (Wildman–Crippen MR) is 66.5 cm³/mol. The lowest BCUT2D eigenvalue weighted by Gasteiger charge is -2.11. The molecular weight excluding hydrogens is 236 g/mol. The van der Waals surface area contributed by atoms with Crippen molar-refractivity contribution in [3.63, 3.8) is 0 Å². The van der Waals surface area contributed by atoms with Gasteiger partial charge in [-0.1, -0.05) is 13.0 Å². The van der Waals surface area contributed by atoms with E-state index < -0.39 is 18.6 Å². The standard InChI is InChI=1S/C12H16N2O4/c1-2-10(13)12(17)14-8-4-3-5-9(6-8)18-7-11(15)16/h3-6,10H,2,7,13H2,1H3,(H,14,17)(H,15,16)/t10-/m1/s1. The molecule has 0 radical (unpaired) electrons. The number of carbonyl (C=O) groups excluding carboxylic acids is 1. The minimum absolute atomic E-state index is 0.284. The first-order valence-corrected chi connectivity index (χ1v) is 5.54. The number of amides is 1. The highest BCUT2D eigenvalue weighted by molar-refractivity contribution is 5.94. The summed E-state index contributed by atoms with van der Waals surface area (Å²) in [6, 6.07) is 5.92. The fourth-order valence-corrected chi connectivity index (χ4v) is 1.23. The van der Waals surface area contributed by atoms with Crippen LogP contribution in [-0.2, 0) is 9.59 Å². The molecular formula is C12H16N2O4. The molecule has 0 aliphatic heterocycles. The van der Waals surface area contributed by atoms with Crippen molar-refractivity contribution in [1.29, 1.82) is 0 Å². The smallest absolute Gasteiger partial charge is 0.341 e. The first kappa shape index (κ1) is 14.0. The van der Waals surface area contributed by atoms with Gasteiger partial charge >= 0.3 is 5.97 Å². The van der Waals surface area contributed by atoms with E-state index in [-0.39, 0.29) is 5.91 Å². The molecule has 0 fully saturated rings. The first-order valence-electron chi connectivity index (χ1n) is 5.54. The minimum atomic E-state index is -1.06. The van der Waals surface area contributed by atoms with E-state index >= 15 is 0 Å². The van der Waals surface area contributed by atoms with Gasteiger partial charge in [0.25, 0.3) is 0 Å². The molecule has 0 heterocycles. The molecule has 0 spiro atoms. The van der Waals surface area contributed by atoms with Gasteiger partial charge < -0.3 is 20.9 Å². The van der Waals surface area contributed by atoms with Gasteiger partial charge in [-0.05, 0) is 18.6 Å². The predicted octanol–water partition coefficient (Wildman–Crippen LogP) is 0.826. The van der Waals surface area contributed by atoms with E-state index in [4.69, 9.17) is 15.6 Å². The Bertz CT molecular complexity index is 434. The number of hydrogen-bond acceptors (Lipinski definition) is 4. The second kappa shape index (κ2) is 6.61. The second-order valence-electron chi connectivity index (χ2n) is 3.71. The summed E-state index contributed by atoms with van der Waals surface area (Å²) < 4.78 is 4.99. The minimum Gasteiger partial charge on any atom is -0.482 e. The number of hydrogen-bond donors (Lipinski definition) is 3. The molecule has 6 heteroatoms. The Balaban J connectivity index is 2.64. The van der Waals surface area contributed by atoms with Gasteiger partial charge in [-0.25, -0.2) is 4.79 Å². The van der Waals surface area contributed by atoms with Gasteiger partial charge in [0.2, 0.25) is 5.91 Å². The molecule has 0 unspecified atom stereocenters. The average molecular weight is 252 g/mol. The summed E-state index contributed by atoms with van der Waals surface area (Å²) in [6.45, 7) is 1.39. The van der Waals surface area contributed by atoms with Crippen molar-refractivity contribution in [2.24, 2.45) is 5.73 Å². The Kier molecular flexibility index (Phi) is 5.13. The number of carboxylic acid groups (broad SMARTS) is 1. The van der Waals surface area contributed by atoms with Crippen LogP contribution < -0.4 is 15.8 Å². The highest BCUT2D eigenvalue weighted by Gasteiger charge is 2.11. The van der Waals surface area contributed by atoms with Gasteiger partial charge in [0.1, 0.15) is 5.75 Å². The van der Waals surface area contributed by atoms with E-state index in [0.717, 1.165) is 0 Å². The van der Waals surface area contributed by atoms with Crippen LogP contribution in [0.25, 0.3) is 0 Å². The number of ether oxygens (including phenoxy) is 1. The van der Waals surface area contributed by atoms with Crippen molar-refractivity contribution in [2.75, 3.05) is 11.9 Å². The van der Waals surface area contributed by atoms with Crippen LogP contribution in [0.5, 0.6) is 5.75 Å². The van der Waals surface area contributed by atoms with Crippen molar-refractivity contribution in [3.05, 3.63) is 24.3 Å². The van der Waals surface area contributed by atoms with Gasteiger partial charge in [-0.15, -0.1) is 0 Å². The van der Waals surface area contributed by atoms with Crippen LogP contribution in [0.1, 0.15) is 13.3 Å². The number of benzene rings is 1. The summed E-state index contributed by atoms with van der Waals surface area (Å²) in [6.07, 6.45) is 0.543. The molecule has 1 atom stereocenters. The number of rotatable bonds is 6. The summed E-state index contributed by atoms with van der Waals surface area (Å²) in [5.41, 5.74) is 6.10. The van der Waals surface area contributed by atoms with Crippen LogP contribution in [0.15, 0.2) is 24.3 Å². The second-order valence-corrected chi connectivity index (χ2v) is 3.71. The third-order valence-electron chi connectivity index (χ3n) is 2.24. The van der Waals surface area contributed by atoms with Crippen molar-refractivity contribution >= 4 is 17.6 Å². The molecule has 98 valence electrons. The first-order chi connectivity index (χ1) is 8.52. The van der Waals surface area contributed by atoms with Crippen LogP contribution in [0, 0.1) is 0 Å². The van der Waals surface area contributed by atoms with Crippen LogP contribution >= 0.6 is 0 Å². The highest BCUT2D eigenvalue weighted by atomic mass is 16.5. The van der Waals surface area contributed by atoms with Gasteiger partial charge in [0.05, 0.1) is 6.04 Å². The van der Waals surface area contributed by atoms with E-state index in [2.05, 4.69) is 5.32 Å². The van der Waals surface area contributed by atoms with Gasteiger partial charge in [-0.2, -0.15) is 0 Å². The molecule has 0 aliphatic rings. The Hall–Kier alpha value is -2.08. The maximum Gasteiger partial charge on any atom is 0.341 e. The maximum absolute atomic E-state index is 11.5. The lowest BCUT2D eigenvalue weighted by Crippen LogP contribution is -2.34. The van der Waals surface area contributed by atoms with Crippen molar-refractivity contribution in [3.8, 4) is 5.75 Å². The Labute approximate surface area is 105 Å². The van der Waals surface area contributed by atoms with E-state index in [1.54, 1.807) is 24.3 Å². The third-order valence-corrected chi connectivity index (χ3v) is 2.24. The zero-order valence-electron chi connectivity index (χ0n) is 10.1. The lowest BCUT2D eigenvalue weighted by atomic mass is 10.2. The number of nitrogens with two attached hydrogens (primary N) is 1. The van der Waals surface area contributed by atoms with E-state index in [9.17, 15) is 9.59 Å². The molecule has 1 rings (SSSR count). The molecule has 0 bridgehead atoms. The molecule has 1 aromatic carbocycles. The zero-order valence-corrected chi connectivity index (χ0v) is 10.1. The molecule has 1 amide bonds. The topological polar surface area (TPSA) is 102 Å². The molecule has 0 saturated carbocycles. The van der Waals surface area contributed by atoms with Crippen molar-refractivity contribution in [2.45, 2.75) is 19.4 Å². The number of nitrogens with one attached hydrogen (secondary N) is 1. The summed E-state index contributed by atoms with van der Waals surface area (Å²) in [5.74, 6) is -0.967. The molecule has 0 saturated heterocycles. The van der Waals surface area contributed by atoms with Crippen molar-refractivity contribution < 1.29 is 19.4 Å². The third kappa shape index (κ3) is 4.42. The van der Waals surface area contributed by atoms with E-state index in [0.29, 0.717) is 17.9 Å². The van der Waals surface area contributed by atoms with Gasteiger partial charge in [0, 0.05) is 11.8 Å². The Morgan fingerprint density at radius 2 is 2.22 bits per heavy atom. The molecule has 1 aromatic rings. The Morgan fingerprint density at radius 3 is 2.83 bits per heavy atom. The summed E-state index contributed by atoms with van der Waals surface area (Å²) >= 11 is 0. The molecule has 0 aliphatic carbocycles. The fourth-order valence-electron chi connectivity index (χ4n) is 1.23. The molecule has 18 heavy (non-hydrogen) atoms. The van der Waals surface area contributed by atoms with Gasteiger partial charge in [-0.3, -0.25) is 4.79 Å². The van der Waals surface area contributed by atoms with E-state index in [1.807, 2.05) is 6.92 Å². The molecule has 4 N–H and O–H groups in total. The maximum atomic E-state index is 11.5. The summed E-state index contributed by atoms with van der Waals surface area (Å²) in [7, 11) is 0. The largest absolute Gasteiger partial charge is 0.482 e. The van der Waals surface area contributed by atoms with Crippen LogP contribution in [0.4, 0.5) is 5.69 Å². The quantitative estimate of drug-likeness (QED) is 0.696. The number of carboxylic acids is 1. The van der Waals surface area contributed by atoms with Crippen molar-refractivity contribution in [1.82, 2.24) is 0 Å². The average Bonchev–Trinajstić information content (AvgIpc) is 2.35. The van der Waals surface area contributed by atoms with E-state index in [1.165, 1.54) is 0 Å². The number of carbonyl (C=O) groups is 2. The van der Waals surface area contributed by atoms with Crippen LogP contribution in [0.2, 0.25) is 0 Å². The number of anilines is 1. The zero-order chi connectivity index (χ0) is 13.5. The fraction of sp³-hybridized carbons (Fsp3) is 0.333. The van der Waals surface area contributed by atoms with Crippen LogP contribution in [-0.4, -0.2) is 29.6 Å². The van der Waals surface area contributed by atoms with Gasteiger partial charge in [0.15, 0.2) is 6.61 Å². The highest BCUT2D eigenvalue weighted by Crippen LogP contribution is 2.17. The molecule has 0 aromatic heterocycles.